The quantitative estimate of drug-likeness (QED) is 0.384. The molecule has 0 radical (unpaired) electrons. The van der Waals surface area contributed by atoms with Crippen LogP contribution in [0.5, 0.6) is 0 Å². The van der Waals surface area contributed by atoms with Crippen LogP contribution in [0.1, 0.15) is 22.9 Å². The van der Waals surface area contributed by atoms with Crippen LogP contribution in [0.2, 0.25) is 0 Å². The Bertz CT molecular complexity index is 797. The molecule has 0 aliphatic carbocycles. The molecule has 1 atom stereocenters. The second-order valence-electron chi connectivity index (χ2n) is 5.06. The molecular weight excluding hydrogens is 330 g/mol. The second-order valence-corrected chi connectivity index (χ2v) is 5.98. The number of hydrazine groups is 1. The van der Waals surface area contributed by atoms with Crippen LogP contribution in [0.15, 0.2) is 51.4 Å². The number of hydrogen-bond donors (Lipinski definition) is 3. The predicted octanol–water partition coefficient (Wildman–Crippen LogP) is 3.64. The Labute approximate surface area is 131 Å². The van der Waals surface area contributed by atoms with Crippen LogP contribution in [-0.4, -0.2) is 0 Å². The van der Waals surface area contributed by atoms with Crippen molar-refractivity contribution in [3.8, 4) is 0 Å². The number of rotatable bonds is 3. The topological polar surface area (TPSA) is 77.2 Å². The van der Waals surface area contributed by atoms with Gasteiger partial charge in [0.1, 0.15) is 17.4 Å². The number of nitrogens with two attached hydrogens (primary N) is 2. The third-order valence-electron chi connectivity index (χ3n) is 3.50. The van der Waals surface area contributed by atoms with Gasteiger partial charge in [-0.25, -0.2) is 5.43 Å². The molecule has 1 heterocycles. The first-order valence-corrected chi connectivity index (χ1v) is 7.39. The van der Waals surface area contributed by atoms with Crippen molar-refractivity contribution in [2.45, 2.75) is 13.0 Å². The lowest BCUT2D eigenvalue weighted by Gasteiger charge is -2.16. The van der Waals surface area contributed by atoms with Crippen LogP contribution in [0.25, 0.3) is 11.0 Å². The molecule has 0 aliphatic rings. The van der Waals surface area contributed by atoms with Crippen LogP contribution in [0, 0.1) is 6.92 Å². The van der Waals surface area contributed by atoms with E-state index in [1.54, 1.807) is 0 Å². The van der Waals surface area contributed by atoms with E-state index in [9.17, 15) is 0 Å². The number of aryl methyl sites for hydroxylation is 1. The minimum atomic E-state index is -0.296. The Kier molecular flexibility index (Phi) is 3.71. The fourth-order valence-corrected chi connectivity index (χ4v) is 2.83. The van der Waals surface area contributed by atoms with Gasteiger partial charge in [-0.2, -0.15) is 0 Å². The summed E-state index contributed by atoms with van der Waals surface area (Å²) in [6, 6.07) is 13.5. The zero-order valence-corrected chi connectivity index (χ0v) is 13.1. The molecule has 2 aromatic carbocycles. The number of fused-ring (bicyclic) bond motifs is 1. The number of hydrogen-bond acceptors (Lipinski definition) is 4. The van der Waals surface area contributed by atoms with E-state index < -0.39 is 0 Å². The average Bonchev–Trinajstić information content (AvgIpc) is 2.86. The Balaban J connectivity index is 2.11. The molecular formula is C16H16BrN3O. The van der Waals surface area contributed by atoms with Gasteiger partial charge in [0.2, 0.25) is 0 Å². The van der Waals surface area contributed by atoms with Crippen molar-refractivity contribution in [2.75, 3.05) is 5.73 Å². The Hall–Kier alpha value is -1.82. The Morgan fingerprint density at radius 2 is 1.95 bits per heavy atom. The molecule has 3 aromatic rings. The van der Waals surface area contributed by atoms with E-state index in [0.717, 1.165) is 26.8 Å². The van der Waals surface area contributed by atoms with Gasteiger partial charge >= 0.3 is 0 Å². The number of nitrogen functional groups attached to an aromatic ring is 1. The average molecular weight is 346 g/mol. The summed E-state index contributed by atoms with van der Waals surface area (Å²) in [5, 5.41) is 1.05. The van der Waals surface area contributed by atoms with E-state index in [2.05, 4.69) is 34.3 Å². The molecule has 5 N–H and O–H groups in total. The van der Waals surface area contributed by atoms with Crippen molar-refractivity contribution in [1.29, 1.82) is 0 Å². The molecule has 0 amide bonds. The number of furan rings is 1. The van der Waals surface area contributed by atoms with Gasteiger partial charge in [-0.05, 0) is 43.3 Å². The molecule has 0 saturated carbocycles. The normalized spacial score (nSPS) is 12.7. The molecule has 108 valence electrons. The number of nitrogens with one attached hydrogen (secondary N) is 1. The first-order chi connectivity index (χ1) is 10.1. The van der Waals surface area contributed by atoms with Crippen molar-refractivity contribution in [1.82, 2.24) is 5.43 Å². The lowest BCUT2D eigenvalue weighted by Crippen LogP contribution is -2.29. The van der Waals surface area contributed by atoms with Crippen LogP contribution in [0.4, 0.5) is 5.69 Å². The lowest BCUT2D eigenvalue weighted by atomic mass is 10.0. The maximum Gasteiger partial charge on any atom is 0.134 e. The number of benzene rings is 2. The van der Waals surface area contributed by atoms with Crippen molar-refractivity contribution in [2.24, 2.45) is 5.84 Å². The molecule has 0 saturated heterocycles. The van der Waals surface area contributed by atoms with Gasteiger partial charge in [0.25, 0.3) is 0 Å². The van der Waals surface area contributed by atoms with Gasteiger partial charge in [0.15, 0.2) is 0 Å². The molecule has 0 bridgehead atoms. The molecule has 1 aromatic heterocycles. The number of anilines is 1. The highest BCUT2D eigenvalue weighted by Crippen LogP contribution is 2.32. The largest absolute Gasteiger partial charge is 0.459 e. The van der Waals surface area contributed by atoms with Gasteiger partial charge in [-0.3, -0.25) is 5.84 Å². The minimum Gasteiger partial charge on any atom is -0.459 e. The second kappa shape index (κ2) is 5.52. The van der Waals surface area contributed by atoms with Crippen LogP contribution >= 0.6 is 15.9 Å². The Morgan fingerprint density at radius 1 is 1.14 bits per heavy atom. The maximum absolute atomic E-state index is 6.06. The van der Waals surface area contributed by atoms with Gasteiger partial charge in [0.05, 0.1) is 0 Å². The fourth-order valence-electron chi connectivity index (χ4n) is 2.45. The molecule has 0 aliphatic heterocycles. The summed E-state index contributed by atoms with van der Waals surface area (Å²) in [4.78, 5) is 0. The fraction of sp³-hybridized carbons (Fsp3) is 0.125. The minimum absolute atomic E-state index is 0.296. The summed E-state index contributed by atoms with van der Waals surface area (Å²) >= 11 is 3.46. The summed E-state index contributed by atoms with van der Waals surface area (Å²) in [5.74, 6) is 6.47. The van der Waals surface area contributed by atoms with Gasteiger partial charge in [0, 0.05) is 21.1 Å². The van der Waals surface area contributed by atoms with Gasteiger partial charge < -0.3 is 10.2 Å². The van der Waals surface area contributed by atoms with E-state index in [1.165, 1.54) is 5.56 Å². The van der Waals surface area contributed by atoms with Gasteiger partial charge in [-0.15, -0.1) is 0 Å². The summed E-state index contributed by atoms with van der Waals surface area (Å²) in [7, 11) is 0. The molecule has 4 nitrogen and oxygen atoms in total. The zero-order valence-electron chi connectivity index (χ0n) is 11.6. The molecule has 0 spiro atoms. The smallest absolute Gasteiger partial charge is 0.134 e. The standard InChI is InChI=1S/C16H16BrN3O/c1-9-2-5-14-10(6-9)7-15(21-14)16(20-19)12-8-11(17)3-4-13(12)18/h2-8,16,20H,18-19H2,1H3. The van der Waals surface area contributed by atoms with Crippen LogP contribution < -0.4 is 17.0 Å². The number of halogens is 1. The maximum atomic E-state index is 6.06. The van der Waals surface area contributed by atoms with E-state index in [0.29, 0.717) is 5.69 Å². The van der Waals surface area contributed by atoms with Crippen molar-refractivity contribution < 1.29 is 4.42 Å². The third kappa shape index (κ3) is 2.68. The highest BCUT2D eigenvalue weighted by atomic mass is 79.9. The SMILES string of the molecule is Cc1ccc2oc(C(NN)c3cc(Br)ccc3N)cc2c1. The molecule has 3 rings (SSSR count). The van der Waals surface area contributed by atoms with Crippen molar-refractivity contribution in [3.05, 3.63) is 63.8 Å². The molecule has 5 heteroatoms. The molecule has 21 heavy (non-hydrogen) atoms. The summed E-state index contributed by atoms with van der Waals surface area (Å²) in [5.41, 5.74) is 12.4. The van der Waals surface area contributed by atoms with Crippen LogP contribution in [-0.2, 0) is 0 Å². The first-order valence-electron chi connectivity index (χ1n) is 6.59. The van der Waals surface area contributed by atoms with Crippen molar-refractivity contribution in [3.63, 3.8) is 0 Å². The molecule has 1 unspecified atom stereocenters. The van der Waals surface area contributed by atoms with Crippen LogP contribution in [0.3, 0.4) is 0 Å². The summed E-state index contributed by atoms with van der Waals surface area (Å²) in [6.07, 6.45) is 0. The highest BCUT2D eigenvalue weighted by Gasteiger charge is 2.20. The van der Waals surface area contributed by atoms with E-state index in [-0.39, 0.29) is 6.04 Å². The highest BCUT2D eigenvalue weighted by molar-refractivity contribution is 9.10. The Morgan fingerprint density at radius 3 is 2.71 bits per heavy atom. The lowest BCUT2D eigenvalue weighted by molar-refractivity contribution is 0.478. The monoisotopic (exact) mass is 345 g/mol. The zero-order chi connectivity index (χ0) is 15.0. The summed E-state index contributed by atoms with van der Waals surface area (Å²) < 4.78 is 6.86. The molecule has 0 fully saturated rings. The van der Waals surface area contributed by atoms with E-state index >= 15 is 0 Å². The van der Waals surface area contributed by atoms with E-state index in [1.807, 2.05) is 36.4 Å². The summed E-state index contributed by atoms with van der Waals surface area (Å²) in [6.45, 7) is 2.05. The predicted molar refractivity (Wildman–Crippen MR) is 88.7 cm³/mol. The van der Waals surface area contributed by atoms with E-state index in [4.69, 9.17) is 16.0 Å². The van der Waals surface area contributed by atoms with Crippen molar-refractivity contribution >= 4 is 32.6 Å². The van der Waals surface area contributed by atoms with Gasteiger partial charge in [-0.1, -0.05) is 27.6 Å². The first kappa shape index (κ1) is 14.1. The third-order valence-corrected chi connectivity index (χ3v) is 4.00.